The molecule has 1 unspecified atom stereocenters. The van der Waals surface area contributed by atoms with Crippen molar-refractivity contribution in [2.24, 2.45) is 10.7 Å². The maximum absolute atomic E-state index is 13.2. The minimum Gasteiger partial charge on any atom is -0.400 e. The molecule has 172 valence electrons. The fraction of sp³-hybridized carbons (Fsp3) is 0.0417. The molecule has 3 aromatic rings. The predicted octanol–water partition coefficient (Wildman–Crippen LogP) is 6.28. The second-order valence-electron chi connectivity index (χ2n) is 7.19. The maximum Gasteiger partial charge on any atom is 0.260 e. The average molecular weight is 532 g/mol. The summed E-state index contributed by atoms with van der Waals surface area (Å²) in [5, 5.41) is 6.28. The standard InChI is InChI=1S/C24H17Cl3N4O2S/c25-13-6-8-17(9-7-13)29-22(32)19-20(28)21(34-24(19)31-16-4-2-1-3-5-16)23(33)30-18-11-14(26)10-15(27)12-18/h1-12,21H,28H2,(H,29,32)(H,30,33). The van der Waals surface area contributed by atoms with Gasteiger partial charge in [0.2, 0.25) is 5.91 Å². The largest absolute Gasteiger partial charge is 0.400 e. The number of amides is 2. The normalized spacial score (nSPS) is 16.6. The first-order valence-electron chi connectivity index (χ1n) is 9.94. The van der Waals surface area contributed by atoms with Crippen molar-refractivity contribution in [3.8, 4) is 0 Å². The fourth-order valence-electron chi connectivity index (χ4n) is 3.17. The van der Waals surface area contributed by atoms with Crippen molar-refractivity contribution < 1.29 is 9.59 Å². The Hall–Kier alpha value is -2.97. The summed E-state index contributed by atoms with van der Waals surface area (Å²) in [6.07, 6.45) is 0. The van der Waals surface area contributed by atoms with Gasteiger partial charge in [0.1, 0.15) is 10.3 Å². The van der Waals surface area contributed by atoms with Gasteiger partial charge in [-0.2, -0.15) is 0 Å². The number of carbonyl (C=O) groups excluding carboxylic acids is 2. The molecule has 2 amide bonds. The van der Waals surface area contributed by atoms with Gasteiger partial charge in [-0.25, -0.2) is 4.99 Å². The van der Waals surface area contributed by atoms with Gasteiger partial charge in [-0.3, -0.25) is 9.59 Å². The van der Waals surface area contributed by atoms with Gasteiger partial charge in [0.15, 0.2) is 0 Å². The number of hydrogen-bond acceptors (Lipinski definition) is 5. The van der Waals surface area contributed by atoms with Crippen molar-refractivity contribution in [2.75, 3.05) is 10.6 Å². The topological polar surface area (TPSA) is 96.6 Å². The molecule has 0 saturated carbocycles. The van der Waals surface area contributed by atoms with E-state index in [1.807, 2.05) is 18.2 Å². The van der Waals surface area contributed by atoms with Crippen LogP contribution in [0.15, 0.2) is 89.1 Å². The number of rotatable bonds is 5. The van der Waals surface area contributed by atoms with Gasteiger partial charge in [0.25, 0.3) is 5.91 Å². The Morgan fingerprint density at radius 1 is 0.824 bits per heavy atom. The molecule has 0 aromatic heterocycles. The van der Waals surface area contributed by atoms with Gasteiger partial charge in [-0.15, -0.1) is 0 Å². The smallest absolute Gasteiger partial charge is 0.260 e. The van der Waals surface area contributed by atoms with Crippen LogP contribution in [0.5, 0.6) is 0 Å². The molecule has 1 aliphatic rings. The van der Waals surface area contributed by atoms with Gasteiger partial charge < -0.3 is 16.4 Å². The Morgan fingerprint density at radius 2 is 1.47 bits per heavy atom. The van der Waals surface area contributed by atoms with E-state index >= 15 is 0 Å². The molecule has 1 aliphatic heterocycles. The van der Waals surface area contributed by atoms with Crippen molar-refractivity contribution >= 4 is 80.5 Å². The Labute approximate surface area is 215 Å². The Kier molecular flexibility index (Phi) is 7.48. The van der Waals surface area contributed by atoms with Crippen LogP contribution in [0.2, 0.25) is 15.1 Å². The lowest BCUT2D eigenvalue weighted by Gasteiger charge is -2.12. The highest BCUT2D eigenvalue weighted by atomic mass is 35.5. The van der Waals surface area contributed by atoms with E-state index < -0.39 is 17.1 Å². The number of carbonyl (C=O) groups is 2. The van der Waals surface area contributed by atoms with Crippen LogP contribution in [0.25, 0.3) is 0 Å². The number of nitrogens with one attached hydrogen (secondary N) is 2. The molecule has 0 fully saturated rings. The number of para-hydroxylation sites is 1. The number of thioether (sulfide) groups is 1. The van der Waals surface area contributed by atoms with Gasteiger partial charge in [0.05, 0.1) is 11.3 Å². The molecule has 6 nitrogen and oxygen atoms in total. The number of anilines is 2. The summed E-state index contributed by atoms with van der Waals surface area (Å²) in [5.74, 6) is -0.918. The summed E-state index contributed by atoms with van der Waals surface area (Å²) in [7, 11) is 0. The molecule has 4 N–H and O–H groups in total. The summed E-state index contributed by atoms with van der Waals surface area (Å²) in [4.78, 5) is 30.8. The van der Waals surface area contributed by atoms with Crippen LogP contribution in [0.4, 0.5) is 17.1 Å². The number of nitrogens with two attached hydrogens (primary N) is 1. The summed E-state index contributed by atoms with van der Waals surface area (Å²) in [5.41, 5.74) is 8.13. The van der Waals surface area contributed by atoms with E-state index in [9.17, 15) is 9.59 Å². The summed E-state index contributed by atoms with van der Waals surface area (Å²) in [6.45, 7) is 0. The fourth-order valence-corrected chi connectivity index (χ4v) is 4.95. The first kappa shape index (κ1) is 24.2. The van der Waals surface area contributed by atoms with E-state index in [4.69, 9.17) is 40.5 Å². The molecule has 4 rings (SSSR count). The zero-order valence-electron chi connectivity index (χ0n) is 17.4. The first-order valence-corrected chi connectivity index (χ1v) is 12.0. The van der Waals surface area contributed by atoms with E-state index in [1.54, 1.807) is 54.6 Å². The number of hydrogen-bond donors (Lipinski definition) is 3. The molecule has 34 heavy (non-hydrogen) atoms. The molecule has 0 aliphatic carbocycles. The zero-order chi connectivity index (χ0) is 24.2. The molecule has 3 aromatic carbocycles. The third-order valence-electron chi connectivity index (χ3n) is 4.70. The molecular weight excluding hydrogens is 515 g/mol. The van der Waals surface area contributed by atoms with Crippen LogP contribution in [0.3, 0.4) is 0 Å². The lowest BCUT2D eigenvalue weighted by molar-refractivity contribution is -0.115. The van der Waals surface area contributed by atoms with Crippen LogP contribution in [0, 0.1) is 0 Å². The molecule has 0 radical (unpaired) electrons. The highest BCUT2D eigenvalue weighted by molar-refractivity contribution is 8.16. The van der Waals surface area contributed by atoms with Gasteiger partial charge >= 0.3 is 0 Å². The third kappa shape index (κ3) is 5.74. The van der Waals surface area contributed by atoms with Crippen LogP contribution in [-0.4, -0.2) is 22.1 Å². The highest BCUT2D eigenvalue weighted by Crippen LogP contribution is 2.36. The van der Waals surface area contributed by atoms with Crippen LogP contribution >= 0.6 is 46.6 Å². The molecule has 0 saturated heterocycles. The minimum atomic E-state index is -0.883. The third-order valence-corrected chi connectivity index (χ3v) is 6.61. The van der Waals surface area contributed by atoms with Crippen molar-refractivity contribution in [3.63, 3.8) is 0 Å². The number of nitrogens with zero attached hydrogens (tertiary/aromatic N) is 1. The Bertz CT molecular complexity index is 1290. The van der Waals surface area contributed by atoms with Crippen molar-refractivity contribution in [1.82, 2.24) is 0 Å². The van der Waals surface area contributed by atoms with E-state index in [0.29, 0.717) is 37.2 Å². The van der Waals surface area contributed by atoms with Crippen LogP contribution in [0.1, 0.15) is 0 Å². The van der Waals surface area contributed by atoms with E-state index in [2.05, 4.69) is 15.6 Å². The summed E-state index contributed by atoms with van der Waals surface area (Å²) >= 11 is 19.1. The molecular formula is C24H17Cl3N4O2S. The van der Waals surface area contributed by atoms with Gasteiger partial charge in [-0.1, -0.05) is 64.8 Å². The lowest BCUT2D eigenvalue weighted by atomic mass is 10.1. The molecule has 1 atom stereocenters. The second kappa shape index (κ2) is 10.5. The van der Waals surface area contributed by atoms with Crippen LogP contribution in [-0.2, 0) is 9.59 Å². The van der Waals surface area contributed by atoms with Crippen molar-refractivity contribution in [2.45, 2.75) is 5.25 Å². The van der Waals surface area contributed by atoms with Crippen LogP contribution < -0.4 is 16.4 Å². The Morgan fingerprint density at radius 3 is 2.12 bits per heavy atom. The second-order valence-corrected chi connectivity index (χ2v) is 9.59. The molecule has 10 heteroatoms. The molecule has 1 heterocycles. The van der Waals surface area contributed by atoms with E-state index in [-0.39, 0.29) is 11.3 Å². The summed E-state index contributed by atoms with van der Waals surface area (Å²) in [6, 6.07) is 20.4. The lowest BCUT2D eigenvalue weighted by Crippen LogP contribution is -2.29. The highest BCUT2D eigenvalue weighted by Gasteiger charge is 2.38. The van der Waals surface area contributed by atoms with E-state index in [1.165, 1.54) is 0 Å². The van der Waals surface area contributed by atoms with Gasteiger partial charge in [-0.05, 0) is 54.6 Å². The number of aliphatic imine (C=N–C) groups is 1. The Balaban J connectivity index is 1.65. The quantitative estimate of drug-likeness (QED) is 0.361. The average Bonchev–Trinajstić information content (AvgIpc) is 3.11. The number of halogens is 3. The van der Waals surface area contributed by atoms with Gasteiger partial charge in [0, 0.05) is 32.1 Å². The predicted molar refractivity (Wildman–Crippen MR) is 141 cm³/mol. The maximum atomic E-state index is 13.2. The monoisotopic (exact) mass is 530 g/mol. The van der Waals surface area contributed by atoms with Crippen molar-refractivity contribution in [3.05, 3.63) is 99.1 Å². The molecule has 0 spiro atoms. The number of benzene rings is 3. The van der Waals surface area contributed by atoms with Crippen molar-refractivity contribution in [1.29, 1.82) is 0 Å². The first-order chi connectivity index (χ1) is 16.3. The summed E-state index contributed by atoms with van der Waals surface area (Å²) < 4.78 is 0. The zero-order valence-corrected chi connectivity index (χ0v) is 20.5. The van der Waals surface area contributed by atoms with E-state index in [0.717, 1.165) is 11.8 Å². The molecule has 0 bridgehead atoms. The SMILES string of the molecule is NC1=C(C(=O)Nc2ccc(Cl)cc2)C(=Nc2ccccc2)SC1C(=O)Nc1cc(Cl)cc(Cl)c1. The minimum absolute atomic E-state index is 0.0942.